The molecular formula is C17H23N3O4S. The van der Waals surface area contributed by atoms with Crippen LogP contribution in [-0.4, -0.2) is 54.8 Å². The lowest BCUT2D eigenvalue weighted by Gasteiger charge is -2.40. The molecule has 2 bridgehead atoms. The largest absolute Gasteiger partial charge is 0.297 e. The van der Waals surface area contributed by atoms with Gasteiger partial charge in [0.2, 0.25) is 10.0 Å². The first-order chi connectivity index (χ1) is 11.9. The van der Waals surface area contributed by atoms with Gasteiger partial charge in [0.25, 0.3) is 5.69 Å². The maximum atomic E-state index is 12.8. The van der Waals surface area contributed by atoms with Gasteiger partial charge in [-0.15, -0.1) is 0 Å². The zero-order valence-electron chi connectivity index (χ0n) is 14.1. The van der Waals surface area contributed by atoms with Crippen LogP contribution in [0.5, 0.6) is 0 Å². The highest BCUT2D eigenvalue weighted by Crippen LogP contribution is 2.46. The summed E-state index contributed by atoms with van der Waals surface area (Å²) in [6.07, 6.45) is 5.33. The summed E-state index contributed by atoms with van der Waals surface area (Å²) in [6, 6.07) is 5.80. The highest BCUT2D eigenvalue weighted by Gasteiger charge is 2.43. The number of sulfonamides is 1. The Morgan fingerprint density at radius 3 is 2.20 bits per heavy atom. The Labute approximate surface area is 147 Å². The predicted molar refractivity (Wildman–Crippen MR) is 92.7 cm³/mol. The van der Waals surface area contributed by atoms with E-state index in [1.807, 2.05) is 0 Å². The van der Waals surface area contributed by atoms with Crippen LogP contribution in [0, 0.1) is 22.0 Å². The molecule has 1 heterocycles. The molecule has 0 aromatic heterocycles. The average molecular weight is 365 g/mol. The first kappa shape index (κ1) is 16.9. The summed E-state index contributed by atoms with van der Waals surface area (Å²) >= 11 is 0. The van der Waals surface area contributed by atoms with Crippen molar-refractivity contribution < 1.29 is 13.3 Å². The van der Waals surface area contributed by atoms with Crippen LogP contribution in [0.25, 0.3) is 0 Å². The lowest BCUT2D eigenvalue weighted by atomic mass is 9.93. The lowest BCUT2D eigenvalue weighted by molar-refractivity contribution is -0.384. The van der Waals surface area contributed by atoms with Gasteiger partial charge < -0.3 is 0 Å². The second-order valence-corrected chi connectivity index (χ2v) is 9.37. The van der Waals surface area contributed by atoms with Gasteiger partial charge in [0, 0.05) is 44.4 Å². The van der Waals surface area contributed by atoms with Crippen molar-refractivity contribution in [2.24, 2.45) is 11.8 Å². The molecule has 0 N–H and O–H groups in total. The van der Waals surface area contributed by atoms with Gasteiger partial charge in [0.05, 0.1) is 9.82 Å². The van der Waals surface area contributed by atoms with Crippen LogP contribution < -0.4 is 0 Å². The van der Waals surface area contributed by atoms with Crippen LogP contribution in [-0.2, 0) is 10.0 Å². The monoisotopic (exact) mass is 365 g/mol. The van der Waals surface area contributed by atoms with Crippen molar-refractivity contribution in [3.63, 3.8) is 0 Å². The van der Waals surface area contributed by atoms with Crippen molar-refractivity contribution in [3.05, 3.63) is 34.4 Å². The SMILES string of the molecule is O=[N+]([O-])c1ccc(S(=O)(=O)N2CCN([C@H]3C[C@@H]4CC[C@@H]3C4)CC2)cc1. The van der Waals surface area contributed by atoms with Crippen molar-refractivity contribution in [2.75, 3.05) is 26.2 Å². The molecule has 3 atom stereocenters. The van der Waals surface area contributed by atoms with E-state index in [9.17, 15) is 18.5 Å². The third kappa shape index (κ3) is 3.07. The molecule has 136 valence electrons. The second kappa shape index (κ2) is 6.34. The molecule has 0 unspecified atom stereocenters. The van der Waals surface area contributed by atoms with Gasteiger partial charge in [-0.05, 0) is 43.2 Å². The van der Waals surface area contributed by atoms with E-state index in [-0.39, 0.29) is 10.6 Å². The molecule has 0 spiro atoms. The summed E-state index contributed by atoms with van der Waals surface area (Å²) in [5, 5.41) is 10.7. The lowest BCUT2D eigenvalue weighted by Crippen LogP contribution is -2.53. The van der Waals surface area contributed by atoms with Crippen LogP contribution in [0.4, 0.5) is 5.69 Å². The standard InChI is InChI=1S/C17H23N3O4S/c21-20(22)15-3-5-16(6-4-15)25(23,24)19-9-7-18(8-10-19)17-12-13-1-2-14(17)11-13/h3-6,13-14,17H,1-2,7-12H2/t13-,14-,17+/m1/s1. The zero-order valence-corrected chi connectivity index (χ0v) is 14.9. The van der Waals surface area contributed by atoms with Gasteiger partial charge in [-0.1, -0.05) is 6.42 Å². The number of fused-ring (bicyclic) bond motifs is 2. The van der Waals surface area contributed by atoms with Gasteiger partial charge in [-0.2, -0.15) is 4.31 Å². The fourth-order valence-electron chi connectivity index (χ4n) is 4.82. The van der Waals surface area contributed by atoms with E-state index in [1.54, 1.807) is 0 Å². The maximum Gasteiger partial charge on any atom is 0.269 e. The van der Waals surface area contributed by atoms with Gasteiger partial charge in [-0.3, -0.25) is 15.0 Å². The van der Waals surface area contributed by atoms with Crippen molar-refractivity contribution in [2.45, 2.75) is 36.6 Å². The molecule has 3 aliphatic rings. The van der Waals surface area contributed by atoms with Crippen molar-refractivity contribution in [1.29, 1.82) is 0 Å². The Balaban J connectivity index is 1.41. The molecule has 3 fully saturated rings. The maximum absolute atomic E-state index is 12.8. The molecule has 2 saturated carbocycles. The number of nitrogens with zero attached hydrogens (tertiary/aromatic N) is 3. The van der Waals surface area contributed by atoms with Crippen molar-refractivity contribution in [1.82, 2.24) is 9.21 Å². The molecule has 4 rings (SSSR count). The van der Waals surface area contributed by atoms with E-state index in [4.69, 9.17) is 0 Å². The minimum absolute atomic E-state index is 0.0972. The highest BCUT2D eigenvalue weighted by molar-refractivity contribution is 7.89. The number of benzene rings is 1. The molecule has 0 radical (unpaired) electrons. The van der Waals surface area contributed by atoms with Crippen molar-refractivity contribution >= 4 is 15.7 Å². The summed E-state index contributed by atoms with van der Waals surface area (Å²) in [6.45, 7) is 2.54. The van der Waals surface area contributed by atoms with E-state index in [0.29, 0.717) is 19.1 Å². The third-order valence-electron chi connectivity index (χ3n) is 6.13. The number of hydrogen-bond acceptors (Lipinski definition) is 5. The Kier molecular flexibility index (Phi) is 4.29. The highest BCUT2D eigenvalue weighted by atomic mass is 32.2. The molecule has 0 amide bonds. The summed E-state index contributed by atoms with van der Waals surface area (Å²) in [7, 11) is -3.58. The molecule has 25 heavy (non-hydrogen) atoms. The van der Waals surface area contributed by atoms with Gasteiger partial charge in [-0.25, -0.2) is 8.42 Å². The van der Waals surface area contributed by atoms with Crippen LogP contribution in [0.3, 0.4) is 0 Å². The zero-order chi connectivity index (χ0) is 17.6. The van der Waals surface area contributed by atoms with Crippen LogP contribution in [0.1, 0.15) is 25.7 Å². The minimum atomic E-state index is -3.58. The van der Waals surface area contributed by atoms with Crippen molar-refractivity contribution in [3.8, 4) is 0 Å². The predicted octanol–water partition coefficient (Wildman–Crippen LogP) is 2.09. The Morgan fingerprint density at radius 2 is 1.68 bits per heavy atom. The smallest absolute Gasteiger partial charge is 0.269 e. The number of rotatable bonds is 4. The van der Waals surface area contributed by atoms with E-state index >= 15 is 0 Å². The normalized spacial score (nSPS) is 30.6. The van der Waals surface area contributed by atoms with Crippen LogP contribution in [0.2, 0.25) is 0 Å². The van der Waals surface area contributed by atoms with Gasteiger partial charge in [0.15, 0.2) is 0 Å². The van der Waals surface area contributed by atoms with E-state index in [1.165, 1.54) is 54.3 Å². The number of piperazine rings is 1. The molecular weight excluding hydrogens is 342 g/mol. The van der Waals surface area contributed by atoms with E-state index in [2.05, 4.69) is 4.90 Å². The van der Waals surface area contributed by atoms with E-state index in [0.717, 1.165) is 24.9 Å². The topological polar surface area (TPSA) is 83.8 Å². The summed E-state index contributed by atoms with van der Waals surface area (Å²) in [4.78, 5) is 12.8. The first-order valence-corrected chi connectivity index (χ1v) is 10.4. The van der Waals surface area contributed by atoms with Crippen LogP contribution in [0.15, 0.2) is 29.2 Å². The Morgan fingerprint density at radius 1 is 1.00 bits per heavy atom. The summed E-state index contributed by atoms with van der Waals surface area (Å²) in [5.74, 6) is 1.69. The van der Waals surface area contributed by atoms with Gasteiger partial charge >= 0.3 is 0 Å². The Hall–Kier alpha value is -1.51. The molecule has 1 aromatic carbocycles. The molecule has 7 nitrogen and oxygen atoms in total. The molecule has 8 heteroatoms. The van der Waals surface area contributed by atoms with Crippen LogP contribution >= 0.6 is 0 Å². The molecule has 1 aliphatic heterocycles. The summed E-state index contributed by atoms with van der Waals surface area (Å²) in [5.41, 5.74) is -0.0972. The fourth-order valence-corrected chi connectivity index (χ4v) is 6.25. The fraction of sp³-hybridized carbons (Fsp3) is 0.647. The number of nitro benzene ring substituents is 1. The molecule has 1 saturated heterocycles. The first-order valence-electron chi connectivity index (χ1n) is 8.94. The average Bonchev–Trinajstić information content (AvgIpc) is 3.25. The minimum Gasteiger partial charge on any atom is -0.297 e. The number of nitro groups is 1. The number of hydrogen-bond donors (Lipinski definition) is 0. The summed E-state index contributed by atoms with van der Waals surface area (Å²) < 4.78 is 27.0. The Bertz CT molecular complexity index is 757. The number of non-ortho nitro benzene ring substituents is 1. The molecule has 1 aromatic rings. The second-order valence-electron chi connectivity index (χ2n) is 7.43. The quantitative estimate of drug-likeness (QED) is 0.603. The third-order valence-corrected chi connectivity index (χ3v) is 8.04. The van der Waals surface area contributed by atoms with Gasteiger partial charge in [0.1, 0.15) is 0 Å². The molecule has 2 aliphatic carbocycles. The van der Waals surface area contributed by atoms with E-state index < -0.39 is 14.9 Å².